The molecule has 2 aliphatic heterocycles. The number of fused-ring (bicyclic) bond motifs is 1. The zero-order valence-electron chi connectivity index (χ0n) is 14.3. The lowest BCUT2D eigenvalue weighted by Crippen LogP contribution is -2.70. The molecule has 2 saturated heterocycles. The van der Waals surface area contributed by atoms with Gasteiger partial charge in [-0.15, -0.1) is 11.8 Å². The normalized spacial score (nSPS) is 25.9. The van der Waals surface area contributed by atoms with Gasteiger partial charge in [0.2, 0.25) is 11.8 Å². The largest absolute Gasteiger partial charge is 0.480 e. The summed E-state index contributed by atoms with van der Waals surface area (Å²) in [6, 6.07) is 1.28. The fourth-order valence-corrected chi connectivity index (χ4v) is 4.78. The number of carbonyl (C=O) groups excluding carboxylic acids is 3. The zero-order chi connectivity index (χ0) is 19.2. The van der Waals surface area contributed by atoms with Crippen molar-refractivity contribution in [2.45, 2.75) is 43.0 Å². The maximum absolute atomic E-state index is 12.4. The highest BCUT2D eigenvalue weighted by molar-refractivity contribution is 8.01. The fourth-order valence-electron chi connectivity index (χ4n) is 3.15. The number of rotatable bonds is 4. The Labute approximate surface area is 153 Å². The van der Waals surface area contributed by atoms with E-state index in [4.69, 9.17) is 0 Å². The summed E-state index contributed by atoms with van der Waals surface area (Å²) in [5, 5.41) is 14.1. The molecule has 0 bridgehead atoms. The minimum Gasteiger partial charge on any atom is -0.480 e. The Balaban J connectivity index is 1.69. The molecule has 3 N–H and O–H groups in total. The summed E-state index contributed by atoms with van der Waals surface area (Å²) in [7, 11) is 0. The van der Waals surface area contributed by atoms with Gasteiger partial charge < -0.3 is 20.6 Å². The summed E-state index contributed by atoms with van der Waals surface area (Å²) in [5.74, 6) is -1.90. The van der Waals surface area contributed by atoms with E-state index in [0.29, 0.717) is 5.82 Å². The Morgan fingerprint density at radius 1 is 1.31 bits per heavy atom. The third kappa shape index (κ3) is 3.00. The number of hydrogen-bond acceptors (Lipinski definition) is 6. The molecular formula is C16H18N4O5S. The Bertz CT molecular complexity index is 794. The minimum atomic E-state index is -1.05. The van der Waals surface area contributed by atoms with Crippen LogP contribution in [0.25, 0.3) is 0 Å². The quantitative estimate of drug-likeness (QED) is 0.642. The van der Waals surface area contributed by atoms with Crippen molar-refractivity contribution in [1.82, 2.24) is 15.2 Å². The van der Waals surface area contributed by atoms with Crippen LogP contribution < -0.4 is 10.6 Å². The monoisotopic (exact) mass is 378 g/mol. The van der Waals surface area contributed by atoms with Crippen LogP contribution in [0.4, 0.5) is 5.82 Å². The van der Waals surface area contributed by atoms with E-state index >= 15 is 0 Å². The Kier molecular flexibility index (Phi) is 4.39. The van der Waals surface area contributed by atoms with Gasteiger partial charge in [-0.25, -0.2) is 9.78 Å². The molecule has 0 aliphatic carbocycles. The van der Waals surface area contributed by atoms with E-state index in [2.05, 4.69) is 15.6 Å². The summed E-state index contributed by atoms with van der Waals surface area (Å²) in [6.45, 7) is 4.89. The highest BCUT2D eigenvalue weighted by Crippen LogP contribution is 2.50. The molecule has 138 valence electrons. The van der Waals surface area contributed by atoms with Gasteiger partial charge in [0.25, 0.3) is 5.91 Å². The number of aliphatic carboxylic acids is 1. The van der Waals surface area contributed by atoms with Gasteiger partial charge in [0, 0.05) is 17.9 Å². The Morgan fingerprint density at radius 2 is 2.00 bits per heavy atom. The molecule has 0 aromatic carbocycles. The number of pyridine rings is 1. The van der Waals surface area contributed by atoms with Gasteiger partial charge in [0.1, 0.15) is 23.3 Å². The van der Waals surface area contributed by atoms with Crippen LogP contribution in [-0.2, 0) is 14.4 Å². The molecular weight excluding hydrogens is 360 g/mol. The molecule has 2 unspecified atom stereocenters. The topological polar surface area (TPSA) is 129 Å². The first kappa shape index (κ1) is 18.2. The zero-order valence-corrected chi connectivity index (χ0v) is 15.2. The standard InChI is InChI=1S/C16H18N4O5S/c1-7(21)18-9-5-4-8(6-17-9)12(22)19-10-13(23)20-11(15(24)25)16(2,3)26-14(10)20/h4-6,10-11,14H,1-3H3,(H,19,22)(H,24,25)(H,17,18,21)/t10-,11?,14?/m1/s1. The van der Waals surface area contributed by atoms with Gasteiger partial charge in [0.15, 0.2) is 0 Å². The predicted molar refractivity (Wildman–Crippen MR) is 93.5 cm³/mol. The van der Waals surface area contributed by atoms with E-state index in [1.165, 1.54) is 41.9 Å². The average molecular weight is 378 g/mol. The Hall–Kier alpha value is -2.62. The number of carbonyl (C=O) groups is 4. The van der Waals surface area contributed by atoms with Crippen LogP contribution in [0.1, 0.15) is 31.1 Å². The number of carboxylic acids is 1. The highest BCUT2D eigenvalue weighted by Gasteiger charge is 2.64. The van der Waals surface area contributed by atoms with Crippen molar-refractivity contribution in [3.8, 4) is 0 Å². The number of nitrogens with one attached hydrogen (secondary N) is 2. The van der Waals surface area contributed by atoms with Crippen molar-refractivity contribution in [2.75, 3.05) is 5.32 Å². The number of aromatic nitrogens is 1. The third-order valence-electron chi connectivity index (χ3n) is 4.29. The van der Waals surface area contributed by atoms with E-state index in [1.54, 1.807) is 13.8 Å². The summed E-state index contributed by atoms with van der Waals surface area (Å²) in [6.07, 6.45) is 1.30. The van der Waals surface area contributed by atoms with Crippen molar-refractivity contribution >= 4 is 41.3 Å². The lowest BCUT2D eigenvalue weighted by Gasteiger charge is -2.43. The van der Waals surface area contributed by atoms with E-state index in [1.807, 2.05) is 0 Å². The second-order valence-electron chi connectivity index (χ2n) is 6.66. The second kappa shape index (κ2) is 6.27. The van der Waals surface area contributed by atoms with E-state index < -0.39 is 40.0 Å². The lowest BCUT2D eigenvalue weighted by atomic mass is 9.96. The van der Waals surface area contributed by atoms with Crippen LogP contribution in [0.15, 0.2) is 18.3 Å². The van der Waals surface area contributed by atoms with Crippen molar-refractivity contribution in [3.05, 3.63) is 23.9 Å². The van der Waals surface area contributed by atoms with E-state index in [-0.39, 0.29) is 11.5 Å². The van der Waals surface area contributed by atoms with Crippen molar-refractivity contribution < 1.29 is 24.3 Å². The molecule has 9 nitrogen and oxygen atoms in total. The fraction of sp³-hybridized carbons (Fsp3) is 0.438. The number of amides is 3. The van der Waals surface area contributed by atoms with Crippen molar-refractivity contribution in [2.24, 2.45) is 0 Å². The maximum atomic E-state index is 12.4. The summed E-state index contributed by atoms with van der Waals surface area (Å²) >= 11 is 1.36. The summed E-state index contributed by atoms with van der Waals surface area (Å²) in [4.78, 5) is 52.5. The first-order valence-corrected chi connectivity index (χ1v) is 8.77. The molecule has 2 aliphatic rings. The number of carboxylic acid groups (broad SMARTS) is 1. The molecule has 3 amide bonds. The van der Waals surface area contributed by atoms with Gasteiger partial charge >= 0.3 is 5.97 Å². The second-order valence-corrected chi connectivity index (χ2v) is 8.43. The summed E-state index contributed by atoms with van der Waals surface area (Å²) < 4.78 is -0.646. The SMILES string of the molecule is CC(=O)Nc1ccc(C(=O)N[C@@H]2C(=O)N3C2SC(C)(C)C3C(=O)O)cn1. The van der Waals surface area contributed by atoms with Crippen LogP contribution >= 0.6 is 11.8 Å². The highest BCUT2D eigenvalue weighted by atomic mass is 32.2. The van der Waals surface area contributed by atoms with Crippen LogP contribution in [0.3, 0.4) is 0 Å². The van der Waals surface area contributed by atoms with Gasteiger partial charge in [-0.05, 0) is 26.0 Å². The molecule has 1 aromatic heterocycles. The van der Waals surface area contributed by atoms with Crippen LogP contribution in [-0.4, -0.2) is 60.9 Å². The van der Waals surface area contributed by atoms with Gasteiger partial charge in [-0.1, -0.05) is 0 Å². The van der Waals surface area contributed by atoms with Gasteiger partial charge in [-0.3, -0.25) is 14.4 Å². The molecule has 3 atom stereocenters. The number of anilines is 1. The summed E-state index contributed by atoms with van der Waals surface area (Å²) in [5.41, 5.74) is 0.238. The Morgan fingerprint density at radius 3 is 2.54 bits per heavy atom. The molecule has 0 saturated carbocycles. The number of β-lactam (4-membered cyclic amide) rings is 1. The molecule has 10 heteroatoms. The molecule has 3 rings (SSSR count). The van der Waals surface area contributed by atoms with Crippen molar-refractivity contribution in [1.29, 1.82) is 0 Å². The lowest BCUT2D eigenvalue weighted by molar-refractivity contribution is -0.159. The molecule has 26 heavy (non-hydrogen) atoms. The van der Waals surface area contributed by atoms with Crippen LogP contribution in [0.5, 0.6) is 0 Å². The van der Waals surface area contributed by atoms with E-state index in [0.717, 1.165) is 0 Å². The number of hydrogen-bond donors (Lipinski definition) is 3. The predicted octanol–water partition coefficient (Wildman–Crippen LogP) is 0.285. The average Bonchev–Trinajstić information content (AvgIpc) is 2.81. The van der Waals surface area contributed by atoms with Gasteiger partial charge in [-0.2, -0.15) is 0 Å². The number of nitrogens with zero attached hydrogens (tertiary/aromatic N) is 2. The molecule has 3 heterocycles. The van der Waals surface area contributed by atoms with E-state index in [9.17, 15) is 24.3 Å². The minimum absolute atomic E-state index is 0.238. The number of thioether (sulfide) groups is 1. The van der Waals surface area contributed by atoms with Crippen molar-refractivity contribution in [3.63, 3.8) is 0 Å². The molecule has 1 aromatic rings. The first-order valence-electron chi connectivity index (χ1n) is 7.89. The smallest absolute Gasteiger partial charge is 0.327 e. The van der Waals surface area contributed by atoms with Crippen LogP contribution in [0.2, 0.25) is 0 Å². The molecule has 2 fully saturated rings. The molecule has 0 spiro atoms. The van der Waals surface area contributed by atoms with Gasteiger partial charge in [0.05, 0.1) is 5.56 Å². The third-order valence-corrected chi connectivity index (χ3v) is 5.86. The first-order chi connectivity index (χ1) is 12.1. The van der Waals surface area contributed by atoms with Crippen LogP contribution in [0, 0.1) is 0 Å². The molecule has 0 radical (unpaired) electrons. The maximum Gasteiger partial charge on any atom is 0.327 e.